The quantitative estimate of drug-likeness (QED) is 0.178. The van der Waals surface area contributed by atoms with Crippen molar-refractivity contribution in [2.45, 2.75) is 5.41 Å². The van der Waals surface area contributed by atoms with E-state index < -0.39 is 5.41 Å². The average molecular weight is 716 g/mol. The van der Waals surface area contributed by atoms with Crippen molar-refractivity contribution < 1.29 is 4.74 Å². The molecule has 0 radical (unpaired) electrons. The van der Waals surface area contributed by atoms with Gasteiger partial charge in [-0.05, 0) is 45.0 Å². The van der Waals surface area contributed by atoms with Crippen LogP contribution in [0.25, 0.3) is 67.5 Å². The Bertz CT molecular complexity index is 2850. The number of hydrogen-bond donors (Lipinski definition) is 0. The van der Waals surface area contributed by atoms with Crippen molar-refractivity contribution in [1.82, 2.24) is 15.0 Å². The van der Waals surface area contributed by atoms with E-state index in [1.807, 2.05) is 60.7 Å². The summed E-state index contributed by atoms with van der Waals surface area (Å²) in [6.45, 7) is 0. The van der Waals surface area contributed by atoms with Gasteiger partial charge in [0.05, 0.1) is 5.41 Å². The summed E-state index contributed by atoms with van der Waals surface area (Å²) in [5.74, 6) is 3.60. The molecular formula is C52H33N3O. The van der Waals surface area contributed by atoms with Gasteiger partial charge >= 0.3 is 0 Å². The van der Waals surface area contributed by atoms with Crippen molar-refractivity contribution >= 4 is 0 Å². The van der Waals surface area contributed by atoms with Gasteiger partial charge in [0.15, 0.2) is 17.5 Å². The largest absolute Gasteiger partial charge is 0.456 e. The molecule has 0 saturated heterocycles. The Kier molecular flexibility index (Phi) is 7.36. The van der Waals surface area contributed by atoms with Crippen LogP contribution in [0, 0.1) is 0 Å². The Morgan fingerprint density at radius 3 is 1.27 bits per heavy atom. The molecule has 0 amide bonds. The van der Waals surface area contributed by atoms with Crippen molar-refractivity contribution in [3.05, 3.63) is 222 Å². The molecule has 0 fully saturated rings. The summed E-state index contributed by atoms with van der Waals surface area (Å²) < 4.78 is 7.08. The smallest absolute Gasteiger partial charge is 0.164 e. The van der Waals surface area contributed by atoms with E-state index in [4.69, 9.17) is 19.7 Å². The van der Waals surface area contributed by atoms with Gasteiger partial charge in [-0.15, -0.1) is 0 Å². The maximum atomic E-state index is 7.08. The first-order valence-corrected chi connectivity index (χ1v) is 19.0. The summed E-state index contributed by atoms with van der Waals surface area (Å²) in [6.07, 6.45) is 0. The lowest BCUT2D eigenvalue weighted by atomic mass is 9.65. The third-order valence-electron chi connectivity index (χ3n) is 11.2. The topological polar surface area (TPSA) is 47.9 Å². The van der Waals surface area contributed by atoms with Gasteiger partial charge in [-0.25, -0.2) is 15.0 Å². The summed E-state index contributed by atoms with van der Waals surface area (Å²) in [7, 11) is 0. The molecular weight excluding hydrogens is 683 g/mol. The summed E-state index contributed by atoms with van der Waals surface area (Å²) >= 11 is 0. The van der Waals surface area contributed by atoms with Crippen molar-refractivity contribution in [2.24, 2.45) is 0 Å². The molecule has 0 saturated carbocycles. The standard InChI is InChI=1S/C52H33N3O/c1-3-18-34(19-4-1)49-53-50(35-20-5-2-6-21-35)55-51(54-49)42-27-10-9-24-38(42)36-22-7-8-23-37(36)41-28-17-32-46-48(41)56-47-33-16-15-31-45(47)52(46)43-29-13-11-25-39(43)40-26-12-14-30-44(40)52/h1-33H. The van der Waals surface area contributed by atoms with Crippen LogP contribution < -0.4 is 4.74 Å². The zero-order valence-corrected chi connectivity index (χ0v) is 30.3. The minimum atomic E-state index is -0.549. The van der Waals surface area contributed by atoms with Crippen LogP contribution in [0.3, 0.4) is 0 Å². The van der Waals surface area contributed by atoms with Crippen molar-refractivity contribution in [2.75, 3.05) is 0 Å². The fourth-order valence-corrected chi connectivity index (χ4v) is 8.89. The molecule has 1 aliphatic carbocycles. The van der Waals surface area contributed by atoms with Crippen LogP contribution in [0.5, 0.6) is 11.5 Å². The van der Waals surface area contributed by atoms with Crippen LogP contribution in [-0.4, -0.2) is 15.0 Å². The number of ether oxygens (including phenoxy) is 1. The zero-order valence-electron chi connectivity index (χ0n) is 30.3. The fourth-order valence-electron chi connectivity index (χ4n) is 8.89. The van der Waals surface area contributed by atoms with Gasteiger partial charge in [0, 0.05) is 33.4 Å². The van der Waals surface area contributed by atoms with Crippen LogP contribution in [-0.2, 0) is 5.41 Å². The minimum Gasteiger partial charge on any atom is -0.456 e. The number of aromatic nitrogens is 3. The molecule has 11 rings (SSSR count). The van der Waals surface area contributed by atoms with Gasteiger partial charge in [-0.2, -0.15) is 0 Å². The van der Waals surface area contributed by atoms with E-state index in [9.17, 15) is 0 Å². The predicted octanol–water partition coefficient (Wildman–Crippen LogP) is 12.7. The van der Waals surface area contributed by atoms with E-state index in [1.54, 1.807) is 0 Å². The molecule has 262 valence electrons. The normalized spacial score (nSPS) is 12.9. The number of hydrogen-bond acceptors (Lipinski definition) is 4. The highest BCUT2D eigenvalue weighted by molar-refractivity contribution is 5.95. The highest BCUT2D eigenvalue weighted by atomic mass is 16.5. The molecule has 0 bridgehead atoms. The highest BCUT2D eigenvalue weighted by Crippen LogP contribution is 2.63. The zero-order chi connectivity index (χ0) is 37.1. The Hall–Kier alpha value is -7.43. The number of para-hydroxylation sites is 2. The molecule has 4 heteroatoms. The summed E-state index contributed by atoms with van der Waals surface area (Å²) in [5.41, 5.74) is 13.7. The Balaban J connectivity index is 1.14. The molecule has 2 heterocycles. The van der Waals surface area contributed by atoms with Crippen LogP contribution in [0.15, 0.2) is 200 Å². The third-order valence-corrected chi connectivity index (χ3v) is 11.2. The molecule has 0 unspecified atom stereocenters. The second kappa shape index (κ2) is 12.9. The first-order valence-electron chi connectivity index (χ1n) is 19.0. The van der Waals surface area contributed by atoms with Gasteiger partial charge in [0.25, 0.3) is 0 Å². The van der Waals surface area contributed by atoms with Crippen LogP contribution >= 0.6 is 0 Å². The molecule has 2 aliphatic rings. The van der Waals surface area contributed by atoms with E-state index in [2.05, 4.69) is 140 Å². The van der Waals surface area contributed by atoms with E-state index in [1.165, 1.54) is 22.3 Å². The third kappa shape index (κ3) is 4.83. The lowest BCUT2D eigenvalue weighted by Gasteiger charge is -2.40. The number of nitrogens with zero attached hydrogens (tertiary/aromatic N) is 3. The molecule has 1 aliphatic heterocycles. The van der Waals surface area contributed by atoms with E-state index >= 15 is 0 Å². The lowest BCUT2D eigenvalue weighted by molar-refractivity contribution is 0.438. The molecule has 56 heavy (non-hydrogen) atoms. The minimum absolute atomic E-state index is 0.549. The Labute approximate surface area is 325 Å². The fraction of sp³-hybridized carbons (Fsp3) is 0.0192. The molecule has 1 spiro atoms. The van der Waals surface area contributed by atoms with Crippen LogP contribution in [0.1, 0.15) is 22.3 Å². The Morgan fingerprint density at radius 1 is 0.286 bits per heavy atom. The molecule has 8 aromatic carbocycles. The van der Waals surface area contributed by atoms with Gasteiger partial charge < -0.3 is 4.74 Å². The molecule has 0 atom stereocenters. The number of rotatable bonds is 5. The predicted molar refractivity (Wildman–Crippen MR) is 224 cm³/mol. The molecule has 4 nitrogen and oxygen atoms in total. The first kappa shape index (κ1) is 32.0. The summed E-state index contributed by atoms with van der Waals surface area (Å²) in [5, 5.41) is 0. The highest BCUT2D eigenvalue weighted by Gasteiger charge is 2.51. The lowest BCUT2D eigenvalue weighted by Crippen LogP contribution is -2.32. The van der Waals surface area contributed by atoms with Crippen molar-refractivity contribution in [3.63, 3.8) is 0 Å². The maximum Gasteiger partial charge on any atom is 0.164 e. The van der Waals surface area contributed by atoms with E-state index in [-0.39, 0.29) is 0 Å². The second-order valence-corrected chi connectivity index (χ2v) is 14.3. The van der Waals surface area contributed by atoms with Gasteiger partial charge in [0.2, 0.25) is 0 Å². The molecule has 9 aromatic rings. The summed E-state index contributed by atoms with van der Waals surface area (Å²) in [4.78, 5) is 15.2. The number of fused-ring (bicyclic) bond motifs is 9. The van der Waals surface area contributed by atoms with Crippen molar-refractivity contribution in [3.8, 4) is 79.0 Å². The molecule has 1 aromatic heterocycles. The van der Waals surface area contributed by atoms with Crippen LogP contribution in [0.2, 0.25) is 0 Å². The second-order valence-electron chi connectivity index (χ2n) is 14.3. The summed E-state index contributed by atoms with van der Waals surface area (Å²) in [6, 6.07) is 70.1. The van der Waals surface area contributed by atoms with E-state index in [0.717, 1.165) is 61.6 Å². The average Bonchev–Trinajstić information content (AvgIpc) is 3.57. The van der Waals surface area contributed by atoms with Gasteiger partial charge in [-0.1, -0.05) is 194 Å². The number of benzene rings is 8. The van der Waals surface area contributed by atoms with Crippen LogP contribution in [0.4, 0.5) is 0 Å². The monoisotopic (exact) mass is 715 g/mol. The van der Waals surface area contributed by atoms with Gasteiger partial charge in [0.1, 0.15) is 11.5 Å². The first-order chi connectivity index (χ1) is 27.8. The van der Waals surface area contributed by atoms with Gasteiger partial charge in [-0.3, -0.25) is 0 Å². The maximum absolute atomic E-state index is 7.08. The Morgan fingerprint density at radius 2 is 0.679 bits per heavy atom. The SMILES string of the molecule is c1ccc(-c2nc(-c3ccccc3)nc(-c3ccccc3-c3ccccc3-c3cccc4c3Oc3ccccc3C43c4ccccc4-c4ccccc43)n2)cc1. The molecule has 0 N–H and O–H groups in total. The van der Waals surface area contributed by atoms with E-state index in [0.29, 0.717) is 17.5 Å². The van der Waals surface area contributed by atoms with Crippen molar-refractivity contribution in [1.29, 1.82) is 0 Å².